The van der Waals surface area contributed by atoms with Gasteiger partial charge in [-0.25, -0.2) is 0 Å². The molecule has 1 fully saturated rings. The summed E-state index contributed by atoms with van der Waals surface area (Å²) in [6, 6.07) is 6.44. The van der Waals surface area contributed by atoms with Gasteiger partial charge in [0.1, 0.15) is 0 Å². The van der Waals surface area contributed by atoms with Gasteiger partial charge in [-0.05, 0) is 45.2 Å². The van der Waals surface area contributed by atoms with Crippen LogP contribution in [0.4, 0.5) is 5.69 Å². The Kier molecular flexibility index (Phi) is 5.34. The zero-order valence-electron chi connectivity index (χ0n) is 13.6. The maximum absolute atomic E-state index is 5.90. The normalized spacial score (nSPS) is 25.4. The van der Waals surface area contributed by atoms with E-state index < -0.39 is 0 Å². The van der Waals surface area contributed by atoms with Gasteiger partial charge in [-0.2, -0.15) is 0 Å². The van der Waals surface area contributed by atoms with E-state index in [1.54, 1.807) is 7.11 Å². The first kappa shape index (κ1) is 16.0. The van der Waals surface area contributed by atoms with E-state index in [0.29, 0.717) is 12.6 Å². The predicted octanol–water partition coefficient (Wildman–Crippen LogP) is 3.85. The predicted molar refractivity (Wildman–Crippen MR) is 85.5 cm³/mol. The molecule has 0 saturated carbocycles. The second kappa shape index (κ2) is 7.03. The Morgan fingerprint density at radius 1 is 1.33 bits per heavy atom. The molecule has 1 N–H and O–H groups in total. The Morgan fingerprint density at radius 2 is 2.14 bits per heavy atom. The maximum atomic E-state index is 5.90. The standard InChI is InChI=1S/C17H27NO3/c1-5-17(3)12-14(9-10-21-17)18-13-7-8-15(19-4)16(11-13)20-6-2/h7-8,11,14,18H,5-6,9-10,12H2,1-4H3. The van der Waals surface area contributed by atoms with Crippen molar-refractivity contribution in [3.05, 3.63) is 18.2 Å². The number of methoxy groups -OCH3 is 1. The first-order valence-electron chi connectivity index (χ1n) is 7.81. The van der Waals surface area contributed by atoms with Crippen LogP contribution >= 0.6 is 0 Å². The number of hydrogen-bond acceptors (Lipinski definition) is 4. The molecule has 118 valence electrons. The molecule has 0 amide bonds. The van der Waals surface area contributed by atoms with E-state index in [-0.39, 0.29) is 5.60 Å². The molecule has 0 bridgehead atoms. The summed E-state index contributed by atoms with van der Waals surface area (Å²) in [5.74, 6) is 1.56. The van der Waals surface area contributed by atoms with Crippen LogP contribution in [-0.2, 0) is 4.74 Å². The van der Waals surface area contributed by atoms with Crippen LogP contribution in [0.15, 0.2) is 18.2 Å². The third kappa shape index (κ3) is 4.03. The summed E-state index contributed by atoms with van der Waals surface area (Å²) in [5, 5.41) is 3.60. The molecule has 2 atom stereocenters. The highest BCUT2D eigenvalue weighted by atomic mass is 16.5. The molecule has 4 nitrogen and oxygen atoms in total. The topological polar surface area (TPSA) is 39.7 Å². The lowest BCUT2D eigenvalue weighted by molar-refractivity contribution is -0.0708. The highest BCUT2D eigenvalue weighted by Gasteiger charge is 2.31. The van der Waals surface area contributed by atoms with Crippen LogP contribution in [0.3, 0.4) is 0 Å². The van der Waals surface area contributed by atoms with Gasteiger partial charge in [-0.3, -0.25) is 0 Å². The molecule has 1 aromatic rings. The molecule has 0 radical (unpaired) electrons. The van der Waals surface area contributed by atoms with Gasteiger partial charge < -0.3 is 19.5 Å². The number of benzene rings is 1. The van der Waals surface area contributed by atoms with Crippen molar-refractivity contribution in [3.63, 3.8) is 0 Å². The van der Waals surface area contributed by atoms with Gasteiger partial charge in [0.2, 0.25) is 0 Å². The fraction of sp³-hybridized carbons (Fsp3) is 0.647. The van der Waals surface area contributed by atoms with E-state index in [1.165, 1.54) is 0 Å². The van der Waals surface area contributed by atoms with E-state index in [4.69, 9.17) is 14.2 Å². The molecule has 21 heavy (non-hydrogen) atoms. The fourth-order valence-corrected chi connectivity index (χ4v) is 2.77. The number of rotatable bonds is 6. The van der Waals surface area contributed by atoms with Crippen molar-refractivity contribution >= 4 is 5.69 Å². The average Bonchev–Trinajstić information content (AvgIpc) is 2.48. The van der Waals surface area contributed by atoms with Gasteiger partial charge in [0, 0.05) is 24.4 Å². The molecular formula is C17H27NO3. The SMILES string of the molecule is CCOc1cc(NC2CCOC(C)(CC)C2)ccc1OC. The molecule has 1 saturated heterocycles. The van der Waals surface area contributed by atoms with Crippen LogP contribution < -0.4 is 14.8 Å². The Balaban J connectivity index is 2.07. The minimum Gasteiger partial charge on any atom is -0.493 e. The van der Waals surface area contributed by atoms with Crippen molar-refractivity contribution in [1.82, 2.24) is 0 Å². The van der Waals surface area contributed by atoms with Gasteiger partial charge in [0.25, 0.3) is 0 Å². The van der Waals surface area contributed by atoms with Gasteiger partial charge in [-0.1, -0.05) is 6.92 Å². The van der Waals surface area contributed by atoms with Crippen LogP contribution in [0.5, 0.6) is 11.5 Å². The number of hydrogen-bond donors (Lipinski definition) is 1. The summed E-state index contributed by atoms with van der Waals surface area (Å²) in [6.45, 7) is 7.80. The monoisotopic (exact) mass is 293 g/mol. The largest absolute Gasteiger partial charge is 0.493 e. The van der Waals surface area contributed by atoms with Crippen LogP contribution in [0.2, 0.25) is 0 Å². The van der Waals surface area contributed by atoms with Crippen molar-refractivity contribution < 1.29 is 14.2 Å². The summed E-state index contributed by atoms with van der Waals surface area (Å²) in [4.78, 5) is 0. The van der Waals surface area contributed by atoms with E-state index in [0.717, 1.165) is 43.1 Å². The van der Waals surface area contributed by atoms with E-state index in [1.807, 2.05) is 25.1 Å². The lowest BCUT2D eigenvalue weighted by Gasteiger charge is -2.38. The summed E-state index contributed by atoms with van der Waals surface area (Å²) >= 11 is 0. The molecule has 1 aliphatic rings. The van der Waals surface area contributed by atoms with Crippen molar-refractivity contribution in [3.8, 4) is 11.5 Å². The van der Waals surface area contributed by atoms with E-state index in [9.17, 15) is 0 Å². The summed E-state index contributed by atoms with van der Waals surface area (Å²) in [5.41, 5.74) is 1.06. The number of ether oxygens (including phenoxy) is 3. The molecule has 1 heterocycles. The molecule has 0 aromatic heterocycles. The minimum absolute atomic E-state index is 0.00879. The first-order valence-corrected chi connectivity index (χ1v) is 7.81. The average molecular weight is 293 g/mol. The van der Waals surface area contributed by atoms with Gasteiger partial charge >= 0.3 is 0 Å². The fourth-order valence-electron chi connectivity index (χ4n) is 2.77. The maximum Gasteiger partial charge on any atom is 0.163 e. The Labute approximate surface area is 127 Å². The Hall–Kier alpha value is -1.42. The molecule has 2 unspecified atom stereocenters. The van der Waals surface area contributed by atoms with Crippen LogP contribution in [0.25, 0.3) is 0 Å². The second-order valence-corrected chi connectivity index (χ2v) is 5.78. The van der Waals surface area contributed by atoms with E-state index in [2.05, 4.69) is 19.2 Å². The summed E-state index contributed by atoms with van der Waals surface area (Å²) in [7, 11) is 1.66. The zero-order chi connectivity index (χ0) is 15.3. The lowest BCUT2D eigenvalue weighted by Crippen LogP contribution is -2.41. The zero-order valence-corrected chi connectivity index (χ0v) is 13.6. The smallest absolute Gasteiger partial charge is 0.163 e. The van der Waals surface area contributed by atoms with Crippen molar-refractivity contribution in [2.75, 3.05) is 25.6 Å². The highest BCUT2D eigenvalue weighted by molar-refractivity contribution is 5.55. The molecule has 1 aromatic carbocycles. The Bertz CT molecular complexity index is 463. The lowest BCUT2D eigenvalue weighted by atomic mass is 9.90. The van der Waals surface area contributed by atoms with Crippen molar-refractivity contribution in [2.45, 2.75) is 51.7 Å². The third-order valence-corrected chi connectivity index (χ3v) is 4.18. The van der Waals surface area contributed by atoms with Crippen LogP contribution in [0.1, 0.15) is 40.0 Å². The van der Waals surface area contributed by atoms with Gasteiger partial charge in [-0.15, -0.1) is 0 Å². The molecule has 4 heteroatoms. The molecule has 2 rings (SSSR count). The summed E-state index contributed by atoms with van der Waals surface area (Å²) in [6.07, 6.45) is 3.10. The molecular weight excluding hydrogens is 266 g/mol. The first-order chi connectivity index (χ1) is 10.1. The summed E-state index contributed by atoms with van der Waals surface area (Å²) < 4.78 is 16.8. The molecule has 1 aliphatic heterocycles. The third-order valence-electron chi connectivity index (χ3n) is 4.18. The second-order valence-electron chi connectivity index (χ2n) is 5.78. The van der Waals surface area contributed by atoms with E-state index >= 15 is 0 Å². The highest BCUT2D eigenvalue weighted by Crippen LogP contribution is 2.33. The number of nitrogens with one attached hydrogen (secondary N) is 1. The van der Waals surface area contributed by atoms with Gasteiger partial charge in [0.15, 0.2) is 11.5 Å². The van der Waals surface area contributed by atoms with Crippen molar-refractivity contribution in [1.29, 1.82) is 0 Å². The minimum atomic E-state index is -0.00879. The Morgan fingerprint density at radius 3 is 2.81 bits per heavy atom. The molecule has 0 aliphatic carbocycles. The van der Waals surface area contributed by atoms with Crippen molar-refractivity contribution in [2.24, 2.45) is 0 Å². The quantitative estimate of drug-likeness (QED) is 0.864. The molecule has 0 spiro atoms. The number of anilines is 1. The van der Waals surface area contributed by atoms with Crippen LogP contribution in [-0.4, -0.2) is 32.0 Å². The van der Waals surface area contributed by atoms with Gasteiger partial charge in [0.05, 0.1) is 19.3 Å². The van der Waals surface area contributed by atoms with Crippen LogP contribution in [0, 0.1) is 0 Å².